The lowest BCUT2D eigenvalue weighted by Crippen LogP contribution is -2.41. The van der Waals surface area contributed by atoms with E-state index in [1.54, 1.807) is 6.07 Å². The monoisotopic (exact) mass is 457 g/mol. The Morgan fingerprint density at radius 2 is 1.94 bits per heavy atom. The number of benzene rings is 2. The maximum absolute atomic E-state index is 12.2. The molecule has 4 rings (SSSR count). The van der Waals surface area contributed by atoms with Crippen LogP contribution in [0.5, 0.6) is 0 Å². The summed E-state index contributed by atoms with van der Waals surface area (Å²) >= 11 is 12.8. The van der Waals surface area contributed by atoms with E-state index in [1.807, 2.05) is 43.1 Å². The maximum atomic E-state index is 12.2. The molecule has 0 saturated heterocycles. The molecule has 3 aromatic rings. The Bertz CT molecular complexity index is 1200. The van der Waals surface area contributed by atoms with Gasteiger partial charge in [0, 0.05) is 48.3 Å². The molecule has 7 heteroatoms. The molecule has 0 bridgehead atoms. The Morgan fingerprint density at radius 1 is 1.16 bits per heavy atom. The minimum Gasteiger partial charge on any atom is -0.370 e. The van der Waals surface area contributed by atoms with Crippen LogP contribution in [-0.4, -0.2) is 32.1 Å². The molecule has 0 spiro atoms. The fourth-order valence-corrected chi connectivity index (χ4v) is 4.98. The van der Waals surface area contributed by atoms with Crippen molar-refractivity contribution in [2.24, 2.45) is 0 Å². The molecule has 31 heavy (non-hydrogen) atoms. The molecule has 0 aromatic heterocycles. The highest BCUT2D eigenvalue weighted by molar-refractivity contribution is 6.35. The molecular formula is C24H25Cl2N3O2. The summed E-state index contributed by atoms with van der Waals surface area (Å²) in [5.41, 5.74) is 4.02. The van der Waals surface area contributed by atoms with Gasteiger partial charge in [-0.2, -0.15) is 0 Å². The number of fused-ring (bicyclic) bond motifs is 1. The zero-order valence-electron chi connectivity index (χ0n) is 17.8. The molecule has 5 nitrogen and oxygen atoms in total. The van der Waals surface area contributed by atoms with Crippen LogP contribution in [0.25, 0.3) is 0 Å². The van der Waals surface area contributed by atoms with Gasteiger partial charge in [0.05, 0.1) is 0 Å². The Balaban J connectivity index is 1.68. The third-order valence-electron chi connectivity index (χ3n) is 5.88. The van der Waals surface area contributed by atoms with Crippen molar-refractivity contribution < 1.29 is 0 Å². The molecule has 0 saturated carbocycles. The Kier molecular flexibility index (Phi) is 6.11. The first-order valence-electron chi connectivity index (χ1n) is 10.4. The Labute approximate surface area is 191 Å². The van der Waals surface area contributed by atoms with Crippen LogP contribution in [0.15, 0.2) is 46.0 Å². The summed E-state index contributed by atoms with van der Waals surface area (Å²) in [6, 6.07) is 11.7. The minimum atomic E-state index is -0.468. The molecule has 1 N–H and O–H groups in total. The number of nitrogens with one attached hydrogen (secondary N) is 1. The van der Waals surface area contributed by atoms with Gasteiger partial charge >= 0.3 is 0 Å². The summed E-state index contributed by atoms with van der Waals surface area (Å²) in [5, 5.41) is 4.49. The van der Waals surface area contributed by atoms with Crippen LogP contribution in [-0.2, 0) is 6.54 Å². The largest absolute Gasteiger partial charge is 0.370 e. The Hall–Kier alpha value is -2.34. The second-order valence-corrected chi connectivity index (χ2v) is 9.10. The van der Waals surface area contributed by atoms with Crippen LogP contribution < -0.4 is 21.1 Å². The lowest BCUT2D eigenvalue weighted by atomic mass is 9.84. The summed E-state index contributed by atoms with van der Waals surface area (Å²) in [5.74, 6) is 0.0987. The molecule has 1 heterocycles. The number of nitrogens with zero attached hydrogens (tertiary/aromatic N) is 2. The number of rotatable bonds is 6. The zero-order valence-corrected chi connectivity index (χ0v) is 19.3. The SMILES string of the molecule is CCCN(C)c1c(Nc2cccc([C@@H]3CN(C)Cc4c(Cl)cc(Cl)cc43)c2)c(=O)c1=O. The maximum Gasteiger partial charge on any atom is 0.253 e. The number of hydrogen-bond donors (Lipinski definition) is 1. The van der Waals surface area contributed by atoms with E-state index in [9.17, 15) is 9.59 Å². The van der Waals surface area contributed by atoms with Gasteiger partial charge in [0.25, 0.3) is 10.9 Å². The lowest BCUT2D eigenvalue weighted by molar-refractivity contribution is 0.295. The van der Waals surface area contributed by atoms with Crippen molar-refractivity contribution in [1.82, 2.24) is 4.90 Å². The van der Waals surface area contributed by atoms with E-state index >= 15 is 0 Å². The second-order valence-electron chi connectivity index (χ2n) is 8.26. The van der Waals surface area contributed by atoms with Crippen LogP contribution >= 0.6 is 23.2 Å². The molecule has 1 aliphatic heterocycles. The molecule has 0 unspecified atom stereocenters. The predicted octanol–water partition coefficient (Wildman–Crippen LogP) is 4.76. The average molecular weight is 458 g/mol. The summed E-state index contributed by atoms with van der Waals surface area (Å²) in [4.78, 5) is 28.4. The van der Waals surface area contributed by atoms with E-state index in [0.29, 0.717) is 28.0 Å². The first kappa shape index (κ1) is 21.9. The van der Waals surface area contributed by atoms with E-state index in [0.717, 1.165) is 41.9 Å². The molecule has 3 aromatic carbocycles. The van der Waals surface area contributed by atoms with Crippen molar-refractivity contribution in [3.05, 3.63) is 83.6 Å². The van der Waals surface area contributed by atoms with Gasteiger partial charge < -0.3 is 15.1 Å². The van der Waals surface area contributed by atoms with Gasteiger partial charge in [-0.05, 0) is 54.4 Å². The first-order valence-corrected chi connectivity index (χ1v) is 11.1. The van der Waals surface area contributed by atoms with Crippen molar-refractivity contribution >= 4 is 40.3 Å². The topological polar surface area (TPSA) is 52.6 Å². The molecule has 0 fully saturated rings. The van der Waals surface area contributed by atoms with E-state index < -0.39 is 10.9 Å². The van der Waals surface area contributed by atoms with Crippen molar-refractivity contribution in [2.45, 2.75) is 25.8 Å². The zero-order chi connectivity index (χ0) is 22.3. The van der Waals surface area contributed by atoms with Gasteiger partial charge in [0.1, 0.15) is 11.4 Å². The Morgan fingerprint density at radius 3 is 2.68 bits per heavy atom. The summed E-state index contributed by atoms with van der Waals surface area (Å²) < 4.78 is 0. The minimum absolute atomic E-state index is 0.0987. The smallest absolute Gasteiger partial charge is 0.253 e. The highest BCUT2D eigenvalue weighted by atomic mass is 35.5. The number of anilines is 3. The number of likely N-dealkylation sites (N-methyl/N-ethyl adjacent to an activating group) is 1. The lowest BCUT2D eigenvalue weighted by Gasteiger charge is -2.33. The highest BCUT2D eigenvalue weighted by Gasteiger charge is 2.28. The third kappa shape index (κ3) is 4.10. The van der Waals surface area contributed by atoms with Crippen LogP contribution in [0.3, 0.4) is 0 Å². The summed E-state index contributed by atoms with van der Waals surface area (Å²) in [7, 11) is 3.91. The molecule has 0 aliphatic carbocycles. The third-order valence-corrected chi connectivity index (χ3v) is 6.43. The molecule has 0 amide bonds. The van der Waals surface area contributed by atoms with Crippen molar-refractivity contribution in [1.29, 1.82) is 0 Å². The molecule has 162 valence electrons. The van der Waals surface area contributed by atoms with Gasteiger partial charge in [-0.3, -0.25) is 9.59 Å². The summed E-state index contributed by atoms with van der Waals surface area (Å²) in [6.45, 7) is 4.36. The van der Waals surface area contributed by atoms with Crippen LogP contribution in [0.2, 0.25) is 10.0 Å². The van der Waals surface area contributed by atoms with Gasteiger partial charge in [0.2, 0.25) is 0 Å². The van der Waals surface area contributed by atoms with Crippen molar-refractivity contribution in [3.8, 4) is 0 Å². The predicted molar refractivity (Wildman–Crippen MR) is 129 cm³/mol. The molecule has 1 atom stereocenters. The van der Waals surface area contributed by atoms with Gasteiger partial charge in [-0.25, -0.2) is 0 Å². The quantitative estimate of drug-likeness (QED) is 0.540. The van der Waals surface area contributed by atoms with Crippen molar-refractivity contribution in [2.75, 3.05) is 37.4 Å². The average Bonchev–Trinajstić information content (AvgIpc) is 2.73. The fourth-order valence-electron chi connectivity index (χ4n) is 4.42. The van der Waals surface area contributed by atoms with E-state index in [2.05, 4.69) is 23.3 Å². The van der Waals surface area contributed by atoms with Crippen molar-refractivity contribution in [3.63, 3.8) is 0 Å². The second kappa shape index (κ2) is 8.65. The molecule has 1 aliphatic rings. The van der Waals surface area contributed by atoms with E-state index in [1.165, 1.54) is 0 Å². The highest BCUT2D eigenvalue weighted by Crippen LogP contribution is 2.39. The van der Waals surface area contributed by atoms with E-state index in [4.69, 9.17) is 23.2 Å². The first-order chi connectivity index (χ1) is 14.8. The fraction of sp³-hybridized carbons (Fsp3) is 0.333. The van der Waals surface area contributed by atoms with Gasteiger partial charge in [-0.1, -0.05) is 42.3 Å². The molecule has 0 radical (unpaired) electrons. The van der Waals surface area contributed by atoms with Crippen LogP contribution in [0, 0.1) is 0 Å². The van der Waals surface area contributed by atoms with Crippen LogP contribution in [0.1, 0.15) is 36.0 Å². The normalized spacial score (nSPS) is 16.4. The van der Waals surface area contributed by atoms with Gasteiger partial charge in [-0.15, -0.1) is 0 Å². The number of halogens is 2. The standard InChI is InChI=1S/C24H25Cl2N3O2/c1-4-8-29(3)22-21(23(30)24(22)31)27-16-7-5-6-14(9-16)18-12-28(2)13-19-17(18)10-15(25)11-20(19)26/h5-7,9-11,18,27H,4,8,12-13H2,1-3H3/t18-/m0/s1. The molecular weight excluding hydrogens is 433 g/mol. The number of hydrogen-bond acceptors (Lipinski definition) is 5. The van der Waals surface area contributed by atoms with Crippen LogP contribution in [0.4, 0.5) is 17.1 Å². The summed E-state index contributed by atoms with van der Waals surface area (Å²) in [6.07, 6.45) is 0.893. The van der Waals surface area contributed by atoms with E-state index in [-0.39, 0.29) is 5.92 Å². The van der Waals surface area contributed by atoms with Gasteiger partial charge in [0.15, 0.2) is 0 Å².